The average molecular weight is 355 g/mol. The molecule has 0 aliphatic carbocycles. The lowest BCUT2D eigenvalue weighted by Gasteiger charge is -2.07. The summed E-state index contributed by atoms with van der Waals surface area (Å²) in [6.07, 6.45) is 5.55. The second-order valence-corrected chi connectivity index (χ2v) is 6.15. The molecule has 0 unspecified atom stereocenters. The Hall–Kier alpha value is -3.20. The largest absolute Gasteiger partial charge is 0.481 e. The average Bonchev–Trinajstić information content (AvgIpc) is 3.00. The number of thiazole rings is 1. The maximum Gasteiger partial charge on any atom is 0.309 e. The van der Waals surface area contributed by atoms with Crippen molar-refractivity contribution in [3.05, 3.63) is 57.3 Å². The molecule has 0 aliphatic heterocycles. The molecule has 8 nitrogen and oxygen atoms in total. The molecule has 3 heterocycles. The number of carboxylic acids is 1. The van der Waals surface area contributed by atoms with Crippen molar-refractivity contribution in [2.24, 2.45) is 0 Å². The molecular formula is C16H13N5O3S. The fraction of sp³-hybridized carbons (Fsp3) is 0.125. The molecule has 0 saturated heterocycles. The third kappa shape index (κ3) is 3.22. The van der Waals surface area contributed by atoms with Crippen molar-refractivity contribution in [3.8, 4) is 0 Å². The van der Waals surface area contributed by atoms with Crippen molar-refractivity contribution in [1.82, 2.24) is 24.7 Å². The van der Waals surface area contributed by atoms with Gasteiger partial charge in [-0.1, -0.05) is 13.2 Å². The molecule has 0 amide bonds. The topological polar surface area (TPSA) is 111 Å². The van der Waals surface area contributed by atoms with Gasteiger partial charge in [-0.05, 0) is 12.2 Å². The predicted molar refractivity (Wildman–Crippen MR) is 94.3 cm³/mol. The summed E-state index contributed by atoms with van der Waals surface area (Å²) in [6, 6.07) is 0. The fourth-order valence-electron chi connectivity index (χ4n) is 2.34. The van der Waals surface area contributed by atoms with Gasteiger partial charge in [-0.2, -0.15) is 5.10 Å². The molecule has 0 aliphatic rings. The summed E-state index contributed by atoms with van der Waals surface area (Å²) >= 11 is 1.37. The maximum absolute atomic E-state index is 12.6. The van der Waals surface area contributed by atoms with Gasteiger partial charge >= 0.3 is 5.97 Å². The fourth-order valence-corrected chi connectivity index (χ4v) is 3.24. The van der Waals surface area contributed by atoms with Crippen LogP contribution in [0.3, 0.4) is 0 Å². The molecular weight excluding hydrogens is 342 g/mol. The van der Waals surface area contributed by atoms with Gasteiger partial charge in [0.1, 0.15) is 16.9 Å². The lowest BCUT2D eigenvalue weighted by atomic mass is 10.2. The van der Waals surface area contributed by atoms with E-state index in [0.29, 0.717) is 10.7 Å². The standard InChI is InChI=1S/C16H13N5O3S/c1-3-10-12(4-2)25-13(19-10)7-21-16(24)9-6-17-8-18-15(9)11(20-21)5-14(22)23/h3-4,6,8H,1-2,5,7H2,(H,22,23). The van der Waals surface area contributed by atoms with E-state index in [-0.39, 0.29) is 29.6 Å². The quantitative estimate of drug-likeness (QED) is 0.715. The van der Waals surface area contributed by atoms with Crippen LogP contribution in [0.5, 0.6) is 0 Å². The Balaban J connectivity index is 2.12. The van der Waals surface area contributed by atoms with Gasteiger partial charge in [-0.25, -0.2) is 19.6 Å². The first-order valence-corrected chi connectivity index (χ1v) is 8.01. The van der Waals surface area contributed by atoms with Gasteiger partial charge in [0.2, 0.25) is 0 Å². The Labute approximate surface area is 145 Å². The van der Waals surface area contributed by atoms with E-state index in [1.54, 1.807) is 12.2 Å². The van der Waals surface area contributed by atoms with Crippen LogP contribution in [-0.2, 0) is 17.8 Å². The molecule has 0 fully saturated rings. The summed E-state index contributed by atoms with van der Waals surface area (Å²) in [5.41, 5.74) is 0.725. The zero-order valence-electron chi connectivity index (χ0n) is 13.0. The van der Waals surface area contributed by atoms with Crippen LogP contribution in [0.15, 0.2) is 30.5 Å². The van der Waals surface area contributed by atoms with Crippen molar-refractivity contribution in [3.63, 3.8) is 0 Å². The van der Waals surface area contributed by atoms with Crippen molar-refractivity contribution < 1.29 is 9.90 Å². The highest BCUT2D eigenvalue weighted by Crippen LogP contribution is 2.21. The Morgan fingerprint density at radius 1 is 1.36 bits per heavy atom. The summed E-state index contributed by atoms with van der Waals surface area (Å²) < 4.78 is 1.18. The second kappa shape index (κ2) is 6.73. The van der Waals surface area contributed by atoms with E-state index < -0.39 is 11.5 Å². The Bertz CT molecular complexity index is 1030. The number of carboxylic acid groups (broad SMARTS) is 1. The van der Waals surface area contributed by atoms with Crippen LogP contribution < -0.4 is 5.56 Å². The first-order valence-electron chi connectivity index (χ1n) is 7.19. The Kier molecular flexibility index (Phi) is 4.48. The van der Waals surface area contributed by atoms with Crippen LogP contribution >= 0.6 is 11.3 Å². The highest BCUT2D eigenvalue weighted by atomic mass is 32.1. The summed E-state index contributed by atoms with van der Waals surface area (Å²) in [5, 5.41) is 14.1. The minimum atomic E-state index is -1.06. The van der Waals surface area contributed by atoms with Gasteiger partial charge in [0.05, 0.1) is 34.6 Å². The molecule has 0 saturated carbocycles. The van der Waals surface area contributed by atoms with Gasteiger partial charge < -0.3 is 5.11 Å². The summed E-state index contributed by atoms with van der Waals surface area (Å²) in [5.74, 6) is -1.06. The van der Waals surface area contributed by atoms with Gasteiger partial charge in [-0.15, -0.1) is 11.3 Å². The minimum absolute atomic E-state index is 0.107. The number of rotatable bonds is 6. The van der Waals surface area contributed by atoms with Gasteiger partial charge in [-0.3, -0.25) is 9.59 Å². The highest BCUT2D eigenvalue weighted by molar-refractivity contribution is 7.12. The number of hydrogen-bond acceptors (Lipinski definition) is 7. The molecule has 3 aromatic rings. The van der Waals surface area contributed by atoms with Crippen LogP contribution in [0.25, 0.3) is 23.1 Å². The van der Waals surface area contributed by atoms with Crippen molar-refractivity contribution in [2.45, 2.75) is 13.0 Å². The smallest absolute Gasteiger partial charge is 0.309 e. The molecule has 126 valence electrons. The molecule has 0 atom stereocenters. The van der Waals surface area contributed by atoms with Crippen LogP contribution in [0, 0.1) is 0 Å². The van der Waals surface area contributed by atoms with E-state index in [1.165, 1.54) is 28.5 Å². The maximum atomic E-state index is 12.6. The Morgan fingerprint density at radius 3 is 2.80 bits per heavy atom. The highest BCUT2D eigenvalue weighted by Gasteiger charge is 2.16. The molecule has 3 aromatic heterocycles. The first-order chi connectivity index (χ1) is 12.0. The van der Waals surface area contributed by atoms with Crippen molar-refractivity contribution >= 4 is 40.4 Å². The normalized spacial score (nSPS) is 10.7. The number of fused-ring (bicyclic) bond motifs is 1. The summed E-state index contributed by atoms with van der Waals surface area (Å²) in [6.45, 7) is 7.52. The number of nitrogens with zero attached hydrogens (tertiary/aromatic N) is 5. The number of aliphatic carboxylic acids is 1. The lowest BCUT2D eigenvalue weighted by molar-refractivity contribution is -0.136. The van der Waals surface area contributed by atoms with Crippen LogP contribution in [0.1, 0.15) is 21.3 Å². The Morgan fingerprint density at radius 2 is 2.16 bits per heavy atom. The third-order valence-corrected chi connectivity index (χ3v) is 4.45. The molecule has 0 bridgehead atoms. The first kappa shape index (κ1) is 16.7. The number of hydrogen-bond donors (Lipinski definition) is 1. The monoisotopic (exact) mass is 355 g/mol. The number of aromatic nitrogens is 5. The molecule has 0 aromatic carbocycles. The summed E-state index contributed by atoms with van der Waals surface area (Å²) in [7, 11) is 0. The van der Waals surface area contributed by atoms with E-state index in [9.17, 15) is 9.59 Å². The zero-order chi connectivity index (χ0) is 18.0. The summed E-state index contributed by atoms with van der Waals surface area (Å²) in [4.78, 5) is 36.8. The van der Waals surface area contributed by atoms with Gasteiger partial charge in [0.25, 0.3) is 5.56 Å². The van der Waals surface area contributed by atoms with Crippen LogP contribution in [-0.4, -0.2) is 35.8 Å². The minimum Gasteiger partial charge on any atom is -0.481 e. The SMILES string of the molecule is C=Cc1nc(Cn2nc(CC(=O)O)c3ncncc3c2=O)sc1C=C. The van der Waals surface area contributed by atoms with Crippen LogP contribution in [0.4, 0.5) is 0 Å². The van der Waals surface area contributed by atoms with E-state index in [4.69, 9.17) is 5.11 Å². The third-order valence-electron chi connectivity index (χ3n) is 3.40. The van der Waals surface area contributed by atoms with E-state index in [1.807, 2.05) is 0 Å². The molecule has 3 rings (SSSR count). The molecule has 25 heavy (non-hydrogen) atoms. The molecule has 9 heteroatoms. The second-order valence-electron chi connectivity index (χ2n) is 5.03. The van der Waals surface area contributed by atoms with Gasteiger partial charge in [0, 0.05) is 6.20 Å². The molecule has 0 radical (unpaired) electrons. The van der Waals surface area contributed by atoms with E-state index in [2.05, 4.69) is 33.2 Å². The van der Waals surface area contributed by atoms with Crippen molar-refractivity contribution in [2.75, 3.05) is 0 Å². The predicted octanol–water partition coefficient (Wildman–Crippen LogP) is 1.60. The molecule has 1 N–H and O–H groups in total. The lowest BCUT2D eigenvalue weighted by Crippen LogP contribution is -2.26. The van der Waals surface area contributed by atoms with Crippen molar-refractivity contribution in [1.29, 1.82) is 0 Å². The molecule has 0 spiro atoms. The number of carbonyl (C=O) groups is 1. The zero-order valence-corrected chi connectivity index (χ0v) is 13.9. The van der Waals surface area contributed by atoms with Gasteiger partial charge in [0.15, 0.2) is 0 Å². The van der Waals surface area contributed by atoms with E-state index in [0.717, 1.165) is 4.88 Å². The van der Waals surface area contributed by atoms with E-state index >= 15 is 0 Å². The van der Waals surface area contributed by atoms with Crippen LogP contribution in [0.2, 0.25) is 0 Å².